The molecule has 5 atom stereocenters. The van der Waals surface area contributed by atoms with Crippen molar-refractivity contribution in [1.82, 2.24) is 25.6 Å². The number of carbonyl (C=O) groups excluding carboxylic acids is 4. The quantitative estimate of drug-likeness (QED) is 0.228. The number of hydrogen-bond acceptors (Lipinski definition) is 8. The van der Waals surface area contributed by atoms with Crippen LogP contribution in [0.15, 0.2) is 30.3 Å². The minimum Gasteiger partial charge on any atom is -0.394 e. The van der Waals surface area contributed by atoms with Crippen molar-refractivity contribution in [3.63, 3.8) is 0 Å². The third-order valence-electron chi connectivity index (χ3n) is 6.59. The van der Waals surface area contributed by atoms with Gasteiger partial charge in [0, 0.05) is 12.6 Å². The van der Waals surface area contributed by atoms with Gasteiger partial charge in [0.2, 0.25) is 33.7 Å². The van der Waals surface area contributed by atoms with Crippen molar-refractivity contribution in [3.05, 3.63) is 35.9 Å². The highest BCUT2D eigenvalue weighted by Crippen LogP contribution is 2.19. The molecule has 6 N–H and O–H groups in total. The van der Waals surface area contributed by atoms with Gasteiger partial charge in [0.15, 0.2) is 0 Å². The highest BCUT2D eigenvalue weighted by Gasteiger charge is 2.40. The molecule has 0 radical (unpaired) electrons. The summed E-state index contributed by atoms with van der Waals surface area (Å²) in [5.74, 6) is -3.55. The van der Waals surface area contributed by atoms with Gasteiger partial charge in [-0.1, -0.05) is 37.3 Å². The van der Waals surface area contributed by atoms with Gasteiger partial charge in [-0.05, 0) is 31.2 Å². The number of amides is 4. The molecule has 13 nitrogen and oxygen atoms in total. The zero-order valence-electron chi connectivity index (χ0n) is 21.1. The van der Waals surface area contributed by atoms with Crippen LogP contribution >= 0.6 is 0 Å². The molecule has 1 unspecified atom stereocenters. The summed E-state index contributed by atoms with van der Waals surface area (Å²) in [4.78, 5) is 53.3. The minimum absolute atomic E-state index is 0.0964. The van der Waals surface area contributed by atoms with Crippen LogP contribution in [0.2, 0.25) is 0 Å². The molecule has 3 rings (SSSR count). The number of hydrogen-bond donors (Lipinski definition) is 6. The maximum absolute atomic E-state index is 13.2. The van der Waals surface area contributed by atoms with Crippen LogP contribution in [0.4, 0.5) is 0 Å². The van der Waals surface area contributed by atoms with Crippen LogP contribution in [-0.2, 0) is 35.6 Å². The molecule has 210 valence electrons. The van der Waals surface area contributed by atoms with Crippen LogP contribution in [-0.4, -0.2) is 103 Å². The first kappa shape index (κ1) is 29.5. The minimum atomic E-state index is -4.25. The molecule has 0 aromatic heterocycles. The largest absolute Gasteiger partial charge is 0.394 e. The Labute approximate surface area is 221 Å². The molecule has 2 fully saturated rings. The first-order chi connectivity index (χ1) is 18.1. The van der Waals surface area contributed by atoms with Gasteiger partial charge in [-0.2, -0.15) is 0 Å². The van der Waals surface area contributed by atoms with E-state index in [1.54, 1.807) is 37.3 Å². The van der Waals surface area contributed by atoms with E-state index in [1.807, 2.05) is 0 Å². The van der Waals surface area contributed by atoms with E-state index in [2.05, 4.69) is 20.7 Å². The van der Waals surface area contributed by atoms with E-state index in [1.165, 1.54) is 4.90 Å². The molecule has 1 aromatic rings. The second-order valence-corrected chi connectivity index (χ2v) is 11.2. The third-order valence-corrected chi connectivity index (χ3v) is 8.07. The molecular formula is C24H35N5O8S. The summed E-state index contributed by atoms with van der Waals surface area (Å²) >= 11 is 0. The third kappa shape index (κ3) is 7.49. The number of nitrogens with zero attached hydrogens (tertiary/aromatic N) is 1. The van der Waals surface area contributed by atoms with Gasteiger partial charge >= 0.3 is 0 Å². The number of sulfonamides is 1. The zero-order valence-corrected chi connectivity index (χ0v) is 21.9. The molecule has 14 heteroatoms. The van der Waals surface area contributed by atoms with E-state index in [4.69, 9.17) is 0 Å². The summed E-state index contributed by atoms with van der Waals surface area (Å²) < 4.78 is 28.4. The van der Waals surface area contributed by atoms with Gasteiger partial charge < -0.3 is 31.1 Å². The van der Waals surface area contributed by atoms with Gasteiger partial charge in [-0.25, -0.2) is 13.1 Å². The van der Waals surface area contributed by atoms with Crippen molar-refractivity contribution < 1.29 is 37.8 Å². The van der Waals surface area contributed by atoms with E-state index in [0.717, 1.165) is 5.56 Å². The molecule has 0 spiro atoms. The topological polar surface area (TPSA) is 194 Å². The first-order valence-corrected chi connectivity index (χ1v) is 14.2. The van der Waals surface area contributed by atoms with Crippen molar-refractivity contribution in [2.24, 2.45) is 0 Å². The highest BCUT2D eigenvalue weighted by atomic mass is 32.2. The number of carbonyl (C=O) groups is 4. The van der Waals surface area contributed by atoms with E-state index in [9.17, 15) is 37.8 Å². The lowest BCUT2D eigenvalue weighted by Crippen LogP contribution is -2.60. The van der Waals surface area contributed by atoms with Crippen molar-refractivity contribution in [3.8, 4) is 0 Å². The summed E-state index contributed by atoms with van der Waals surface area (Å²) in [6.07, 6.45) is 1.04. The van der Waals surface area contributed by atoms with Gasteiger partial charge in [0.25, 0.3) is 0 Å². The Kier molecular flexibility index (Phi) is 10.2. The van der Waals surface area contributed by atoms with Crippen molar-refractivity contribution in [2.45, 2.75) is 62.8 Å². The fraction of sp³-hybridized carbons (Fsp3) is 0.583. The Bertz CT molecular complexity index is 1120. The second-order valence-electron chi connectivity index (χ2n) is 9.43. The Morgan fingerprint density at radius 2 is 1.53 bits per heavy atom. The van der Waals surface area contributed by atoms with E-state index >= 15 is 0 Å². The Morgan fingerprint density at radius 3 is 2.16 bits per heavy atom. The molecule has 0 saturated carbocycles. The SMILES string of the molecule is CC[C@@H]1NC(=O)C2CCCN2C(=O)[C@H](CO)NS(=O)(=O)C[C@H](Cc2ccccc2)NC(=O)[C@@H](CO)NC1=O. The number of fused-ring (bicyclic) bond motifs is 1. The van der Waals surface area contributed by atoms with Crippen LogP contribution in [0.25, 0.3) is 0 Å². The standard InChI is InChI=1S/C24H35N5O8S/c1-2-17-21(32)27-18(12-30)22(33)25-16(11-15-7-4-3-5-8-15)14-38(36,37)28-19(13-31)24(35)29-10-6-9-20(29)23(34)26-17/h3-5,7-8,16-20,28,30-31H,2,6,9-14H2,1H3,(H,25,33)(H,26,34)(H,27,32)/t16-,17-,18+,19-,20?/m0/s1. The summed E-state index contributed by atoms with van der Waals surface area (Å²) in [5.41, 5.74) is 0.718. The molecule has 4 amide bonds. The van der Waals surface area contributed by atoms with Gasteiger partial charge in [-0.15, -0.1) is 0 Å². The smallest absolute Gasteiger partial charge is 0.245 e. The zero-order chi connectivity index (χ0) is 27.9. The summed E-state index contributed by atoms with van der Waals surface area (Å²) in [6.45, 7) is 0.228. The Hall–Kier alpha value is -3.07. The number of nitrogens with one attached hydrogen (secondary N) is 4. The molecule has 2 saturated heterocycles. The lowest BCUT2D eigenvalue weighted by Gasteiger charge is -2.30. The normalized spacial score (nSPS) is 29.2. The van der Waals surface area contributed by atoms with Crippen molar-refractivity contribution in [1.29, 1.82) is 0 Å². The number of aliphatic hydroxyl groups excluding tert-OH is 2. The fourth-order valence-corrected chi connectivity index (χ4v) is 6.07. The van der Waals surface area contributed by atoms with Gasteiger partial charge in [0.1, 0.15) is 24.2 Å². The van der Waals surface area contributed by atoms with Crippen LogP contribution in [0.1, 0.15) is 31.7 Å². The van der Waals surface area contributed by atoms with Crippen LogP contribution in [0, 0.1) is 0 Å². The first-order valence-electron chi connectivity index (χ1n) is 12.6. The predicted molar refractivity (Wildman–Crippen MR) is 136 cm³/mol. The summed E-state index contributed by atoms with van der Waals surface area (Å²) in [7, 11) is -4.25. The lowest BCUT2D eigenvalue weighted by molar-refractivity contribution is -0.141. The predicted octanol–water partition coefficient (Wildman–Crippen LogP) is -2.63. The molecule has 2 aliphatic rings. The number of benzene rings is 1. The molecule has 0 bridgehead atoms. The number of rotatable bonds is 5. The van der Waals surface area contributed by atoms with E-state index in [-0.39, 0.29) is 19.4 Å². The molecule has 2 aliphatic heterocycles. The van der Waals surface area contributed by atoms with Crippen LogP contribution in [0.5, 0.6) is 0 Å². The molecule has 1 aromatic carbocycles. The van der Waals surface area contributed by atoms with Crippen molar-refractivity contribution in [2.75, 3.05) is 25.5 Å². The van der Waals surface area contributed by atoms with E-state index in [0.29, 0.717) is 12.8 Å². The van der Waals surface area contributed by atoms with E-state index < -0.39 is 82.8 Å². The Balaban J connectivity index is 1.97. The number of aliphatic hydroxyl groups is 2. The van der Waals surface area contributed by atoms with Gasteiger partial charge in [-0.3, -0.25) is 19.2 Å². The fourth-order valence-electron chi connectivity index (χ4n) is 4.64. The highest BCUT2D eigenvalue weighted by molar-refractivity contribution is 7.89. The monoisotopic (exact) mass is 553 g/mol. The summed E-state index contributed by atoms with van der Waals surface area (Å²) in [5, 5.41) is 27.2. The van der Waals surface area contributed by atoms with Crippen molar-refractivity contribution >= 4 is 33.7 Å². The Morgan fingerprint density at radius 1 is 0.895 bits per heavy atom. The maximum atomic E-state index is 13.2. The van der Waals surface area contributed by atoms with Gasteiger partial charge in [0.05, 0.1) is 19.0 Å². The molecule has 38 heavy (non-hydrogen) atoms. The molecule has 0 aliphatic carbocycles. The summed E-state index contributed by atoms with van der Waals surface area (Å²) in [6, 6.07) is 2.84. The maximum Gasteiger partial charge on any atom is 0.245 e. The average molecular weight is 554 g/mol. The lowest BCUT2D eigenvalue weighted by atomic mass is 10.1. The molecule has 2 heterocycles. The van der Waals surface area contributed by atoms with Crippen LogP contribution < -0.4 is 20.7 Å². The average Bonchev–Trinajstić information content (AvgIpc) is 3.38. The molecular weight excluding hydrogens is 518 g/mol. The second kappa shape index (κ2) is 13.1. The van der Waals surface area contributed by atoms with Crippen LogP contribution in [0.3, 0.4) is 0 Å².